The molecule has 2 saturated heterocycles. The normalized spacial score (nSPS) is 22.0. The van der Waals surface area contributed by atoms with E-state index in [1.54, 1.807) is 0 Å². The molecule has 0 radical (unpaired) electrons. The lowest BCUT2D eigenvalue weighted by Crippen LogP contribution is -2.49. The maximum Gasteiger partial charge on any atom is 0.226 e. The van der Waals surface area contributed by atoms with Crippen LogP contribution in [0, 0.1) is 5.92 Å². The van der Waals surface area contributed by atoms with Gasteiger partial charge in [0.05, 0.1) is 5.92 Å². The number of nitrogens with zero attached hydrogens (tertiary/aromatic N) is 2. The minimum Gasteiger partial charge on any atom is -0.342 e. The van der Waals surface area contributed by atoms with Gasteiger partial charge in [-0.1, -0.05) is 30.3 Å². The van der Waals surface area contributed by atoms with Crippen LogP contribution in [0.15, 0.2) is 30.3 Å². The van der Waals surface area contributed by atoms with Crippen molar-refractivity contribution in [3.05, 3.63) is 35.9 Å². The van der Waals surface area contributed by atoms with E-state index in [1.165, 1.54) is 5.56 Å². The minimum atomic E-state index is 0. The molecule has 6 heteroatoms. The third-order valence-corrected chi connectivity index (χ3v) is 5.32. The summed E-state index contributed by atoms with van der Waals surface area (Å²) in [7, 11) is 2.02. The largest absolute Gasteiger partial charge is 0.342 e. The molecule has 1 N–H and O–H groups in total. The number of hydrogen-bond acceptors (Lipinski definition) is 3. The van der Waals surface area contributed by atoms with Gasteiger partial charge in [0.1, 0.15) is 0 Å². The second-order valence-corrected chi connectivity index (χ2v) is 6.95. The SMILES string of the molecule is CNC1CCN(C(=O)C2CCCN(Cc3ccccc3)C2)CC1.Cl.Cl. The molecule has 0 saturated carbocycles. The summed E-state index contributed by atoms with van der Waals surface area (Å²) in [5.74, 6) is 0.580. The van der Waals surface area contributed by atoms with E-state index in [-0.39, 0.29) is 30.7 Å². The molecule has 0 aliphatic carbocycles. The number of nitrogens with one attached hydrogen (secondary N) is 1. The first-order valence-electron chi connectivity index (χ1n) is 8.98. The Morgan fingerprint density at radius 3 is 2.40 bits per heavy atom. The van der Waals surface area contributed by atoms with Crippen LogP contribution in [0.1, 0.15) is 31.2 Å². The van der Waals surface area contributed by atoms with Gasteiger partial charge in [-0.3, -0.25) is 9.69 Å². The van der Waals surface area contributed by atoms with Gasteiger partial charge in [0.25, 0.3) is 0 Å². The number of carbonyl (C=O) groups is 1. The molecule has 1 atom stereocenters. The average molecular weight is 388 g/mol. The third-order valence-electron chi connectivity index (χ3n) is 5.32. The van der Waals surface area contributed by atoms with E-state index >= 15 is 0 Å². The molecule has 0 spiro atoms. The Morgan fingerprint density at radius 1 is 1.08 bits per heavy atom. The van der Waals surface area contributed by atoms with Gasteiger partial charge in [0.2, 0.25) is 5.91 Å². The molecule has 2 aliphatic heterocycles. The molecule has 1 unspecified atom stereocenters. The zero-order valence-electron chi connectivity index (χ0n) is 15.0. The smallest absolute Gasteiger partial charge is 0.226 e. The van der Waals surface area contributed by atoms with E-state index < -0.39 is 0 Å². The second kappa shape index (κ2) is 11.0. The summed E-state index contributed by atoms with van der Waals surface area (Å²) >= 11 is 0. The van der Waals surface area contributed by atoms with Gasteiger partial charge in [-0.25, -0.2) is 0 Å². The van der Waals surface area contributed by atoms with E-state index in [4.69, 9.17) is 0 Å². The molecule has 2 heterocycles. The molecule has 0 aromatic heterocycles. The van der Waals surface area contributed by atoms with Crippen LogP contribution in [0.2, 0.25) is 0 Å². The quantitative estimate of drug-likeness (QED) is 0.862. The van der Waals surface area contributed by atoms with Crippen LogP contribution < -0.4 is 5.32 Å². The van der Waals surface area contributed by atoms with Crippen LogP contribution in [0.4, 0.5) is 0 Å². The lowest BCUT2D eigenvalue weighted by Gasteiger charge is -2.37. The summed E-state index contributed by atoms with van der Waals surface area (Å²) < 4.78 is 0. The number of amides is 1. The summed E-state index contributed by atoms with van der Waals surface area (Å²) in [4.78, 5) is 17.4. The van der Waals surface area contributed by atoms with Gasteiger partial charge >= 0.3 is 0 Å². The summed E-state index contributed by atoms with van der Waals surface area (Å²) in [6.07, 6.45) is 4.36. The molecule has 4 nitrogen and oxygen atoms in total. The van der Waals surface area contributed by atoms with E-state index in [0.717, 1.165) is 58.4 Å². The molecule has 142 valence electrons. The highest BCUT2D eigenvalue weighted by Crippen LogP contribution is 2.22. The Bertz CT molecular complexity index is 507. The Labute approximate surface area is 164 Å². The number of rotatable bonds is 4. The molecular formula is C19H31Cl2N3O. The molecule has 3 rings (SSSR count). The van der Waals surface area contributed by atoms with Crippen molar-refractivity contribution in [2.75, 3.05) is 33.2 Å². The van der Waals surface area contributed by atoms with Crippen molar-refractivity contribution < 1.29 is 4.79 Å². The monoisotopic (exact) mass is 387 g/mol. The third kappa shape index (κ3) is 6.14. The van der Waals surface area contributed by atoms with E-state index in [0.29, 0.717) is 11.9 Å². The molecule has 2 aliphatic rings. The zero-order valence-corrected chi connectivity index (χ0v) is 16.7. The minimum absolute atomic E-state index is 0. The van der Waals surface area contributed by atoms with Gasteiger partial charge in [-0.05, 0) is 44.8 Å². The zero-order chi connectivity index (χ0) is 16.1. The van der Waals surface area contributed by atoms with Crippen LogP contribution in [0.25, 0.3) is 0 Å². The van der Waals surface area contributed by atoms with Crippen molar-refractivity contribution in [3.8, 4) is 0 Å². The molecular weight excluding hydrogens is 357 g/mol. The molecule has 1 aromatic rings. The number of likely N-dealkylation sites (tertiary alicyclic amines) is 2. The standard InChI is InChI=1S/C19H29N3O.2ClH/c1-20-18-9-12-22(13-10-18)19(23)17-8-5-11-21(15-17)14-16-6-3-2-4-7-16;;/h2-4,6-7,17-18,20H,5,8-15H2,1H3;2*1H. The van der Waals surface area contributed by atoms with Gasteiger partial charge in [0.15, 0.2) is 0 Å². The molecule has 1 amide bonds. The fraction of sp³-hybridized carbons (Fsp3) is 0.632. The van der Waals surface area contributed by atoms with Crippen molar-refractivity contribution in [2.45, 2.75) is 38.3 Å². The fourth-order valence-electron chi connectivity index (χ4n) is 3.89. The van der Waals surface area contributed by atoms with Crippen molar-refractivity contribution in [1.29, 1.82) is 0 Å². The van der Waals surface area contributed by atoms with Gasteiger partial charge < -0.3 is 10.2 Å². The number of carbonyl (C=O) groups excluding carboxylic acids is 1. The van der Waals surface area contributed by atoms with Crippen molar-refractivity contribution >= 4 is 30.7 Å². The summed E-state index contributed by atoms with van der Waals surface area (Å²) in [6, 6.07) is 11.2. The van der Waals surface area contributed by atoms with E-state index in [9.17, 15) is 4.79 Å². The van der Waals surface area contributed by atoms with Crippen LogP contribution in [0.5, 0.6) is 0 Å². The number of hydrogen-bond donors (Lipinski definition) is 1. The number of benzene rings is 1. The van der Waals surface area contributed by atoms with E-state index in [1.807, 2.05) is 7.05 Å². The van der Waals surface area contributed by atoms with Crippen LogP contribution in [0.3, 0.4) is 0 Å². The summed E-state index contributed by atoms with van der Waals surface area (Å²) in [5, 5.41) is 3.33. The van der Waals surface area contributed by atoms with Crippen molar-refractivity contribution in [1.82, 2.24) is 15.1 Å². The second-order valence-electron chi connectivity index (χ2n) is 6.95. The summed E-state index contributed by atoms with van der Waals surface area (Å²) in [6.45, 7) is 4.83. The van der Waals surface area contributed by atoms with Crippen LogP contribution >= 0.6 is 24.8 Å². The van der Waals surface area contributed by atoms with Crippen LogP contribution in [-0.2, 0) is 11.3 Å². The van der Waals surface area contributed by atoms with Crippen molar-refractivity contribution in [2.24, 2.45) is 5.92 Å². The number of halogens is 2. The topological polar surface area (TPSA) is 35.6 Å². The maximum atomic E-state index is 12.8. The first-order chi connectivity index (χ1) is 11.3. The van der Waals surface area contributed by atoms with Gasteiger partial charge in [-0.15, -0.1) is 24.8 Å². The predicted octanol–water partition coefficient (Wildman–Crippen LogP) is 2.95. The highest BCUT2D eigenvalue weighted by molar-refractivity contribution is 5.85. The van der Waals surface area contributed by atoms with Crippen LogP contribution in [-0.4, -0.2) is 55.0 Å². The fourth-order valence-corrected chi connectivity index (χ4v) is 3.89. The van der Waals surface area contributed by atoms with Gasteiger partial charge in [-0.2, -0.15) is 0 Å². The summed E-state index contributed by atoms with van der Waals surface area (Å²) in [5.41, 5.74) is 1.34. The number of piperidine rings is 2. The first kappa shape index (κ1) is 22.2. The molecule has 25 heavy (non-hydrogen) atoms. The molecule has 1 aromatic carbocycles. The Balaban J connectivity index is 0.00000156. The molecule has 0 bridgehead atoms. The maximum absolute atomic E-state index is 12.8. The highest BCUT2D eigenvalue weighted by atomic mass is 35.5. The van der Waals surface area contributed by atoms with E-state index in [2.05, 4.69) is 45.4 Å². The molecule has 2 fully saturated rings. The lowest BCUT2D eigenvalue weighted by atomic mass is 9.94. The Hall–Kier alpha value is -0.810. The Morgan fingerprint density at radius 2 is 1.76 bits per heavy atom. The first-order valence-corrected chi connectivity index (χ1v) is 8.98. The van der Waals surface area contributed by atoms with Crippen molar-refractivity contribution in [3.63, 3.8) is 0 Å². The average Bonchev–Trinajstić information content (AvgIpc) is 2.62. The lowest BCUT2D eigenvalue weighted by molar-refractivity contribution is -0.138. The predicted molar refractivity (Wildman–Crippen MR) is 108 cm³/mol. The Kier molecular flexibility index (Phi) is 9.80. The highest BCUT2D eigenvalue weighted by Gasteiger charge is 2.31. The van der Waals surface area contributed by atoms with Gasteiger partial charge in [0, 0.05) is 32.2 Å².